The van der Waals surface area contributed by atoms with Crippen molar-refractivity contribution in [1.29, 1.82) is 0 Å². The Hall–Kier alpha value is -2.37. The first-order valence-electron chi connectivity index (χ1n) is 13.8. The zero-order valence-electron chi connectivity index (χ0n) is 22.4. The monoisotopic (exact) mass is 544 g/mol. The summed E-state index contributed by atoms with van der Waals surface area (Å²) in [4.78, 5) is 39.1. The fraction of sp³-hybridized carbons (Fsp3) is 0.690. The second-order valence-corrected chi connectivity index (χ2v) is 12.0. The normalized spacial score (nSPS) is 47.7. The molecule has 8 atom stereocenters. The maximum atomic E-state index is 13.2. The number of Topliss-reactive ketones (excluding diaryl/α,β-unsaturated/α-hetero) is 1. The lowest BCUT2D eigenvalue weighted by molar-refractivity contribution is -0.232. The van der Waals surface area contributed by atoms with Crippen LogP contribution < -0.4 is 0 Å². The summed E-state index contributed by atoms with van der Waals surface area (Å²) in [5, 5.41) is 20.8. The zero-order valence-corrected chi connectivity index (χ0v) is 22.4. The SMILES string of the molecule is CC1=C[C@H]2O[C@@H]3C[C@H]4OC(=O)/C=C\CC[C@]5(C(=O)CO)OCC/C(=C\C(=O)OC[C@@]2(CC1)[C@]4(C)[C@]31CO1)[C@H]5O. The van der Waals surface area contributed by atoms with E-state index in [4.69, 9.17) is 23.7 Å². The molecule has 212 valence electrons. The number of rotatable bonds is 2. The number of allylic oxidation sites excluding steroid dienone is 2. The van der Waals surface area contributed by atoms with E-state index in [0.29, 0.717) is 25.0 Å². The average Bonchev–Trinajstić information content (AvgIpc) is 3.69. The summed E-state index contributed by atoms with van der Waals surface area (Å²) in [7, 11) is 0. The Morgan fingerprint density at radius 3 is 2.64 bits per heavy atom. The maximum Gasteiger partial charge on any atom is 0.330 e. The summed E-state index contributed by atoms with van der Waals surface area (Å²) in [5.41, 5.74) is -2.22. The van der Waals surface area contributed by atoms with E-state index in [0.717, 1.165) is 6.42 Å². The van der Waals surface area contributed by atoms with Crippen LogP contribution in [0, 0.1) is 10.8 Å². The molecule has 6 rings (SSSR count). The minimum absolute atomic E-state index is 0.00815. The fourth-order valence-corrected chi connectivity index (χ4v) is 7.92. The van der Waals surface area contributed by atoms with E-state index < -0.39 is 58.6 Å². The summed E-state index contributed by atoms with van der Waals surface area (Å²) in [6, 6.07) is 0. The van der Waals surface area contributed by atoms with Crippen LogP contribution in [-0.2, 0) is 38.1 Å². The molecule has 10 nitrogen and oxygen atoms in total. The number of carbonyl (C=O) groups excluding carboxylic acids is 3. The van der Waals surface area contributed by atoms with Crippen molar-refractivity contribution in [1.82, 2.24) is 0 Å². The van der Waals surface area contributed by atoms with Crippen molar-refractivity contribution >= 4 is 17.7 Å². The highest BCUT2D eigenvalue weighted by Gasteiger charge is 2.83. The van der Waals surface area contributed by atoms with Crippen molar-refractivity contribution < 1.29 is 48.3 Å². The van der Waals surface area contributed by atoms with E-state index in [9.17, 15) is 24.6 Å². The molecule has 1 saturated carbocycles. The lowest BCUT2D eigenvalue weighted by Crippen LogP contribution is -2.66. The van der Waals surface area contributed by atoms with Gasteiger partial charge in [-0.25, -0.2) is 9.59 Å². The molecular formula is C29H36O10. The number of carbonyl (C=O) groups is 3. The summed E-state index contributed by atoms with van der Waals surface area (Å²) in [6.07, 6.45) is 6.04. The molecule has 4 bridgehead atoms. The Balaban J connectivity index is 1.41. The predicted octanol–water partition coefficient (Wildman–Crippen LogP) is 1.47. The van der Waals surface area contributed by atoms with Crippen molar-refractivity contribution in [2.45, 2.75) is 88.0 Å². The highest BCUT2D eigenvalue weighted by atomic mass is 16.6. The van der Waals surface area contributed by atoms with Crippen LogP contribution in [0.5, 0.6) is 0 Å². The highest BCUT2D eigenvalue weighted by Crippen LogP contribution is 2.72. The topological polar surface area (TPSA) is 141 Å². The Labute approximate surface area is 226 Å². The minimum Gasteiger partial charge on any atom is -0.462 e. The lowest BCUT2D eigenvalue weighted by Gasteiger charge is -2.58. The summed E-state index contributed by atoms with van der Waals surface area (Å²) in [5.74, 6) is -1.87. The highest BCUT2D eigenvalue weighted by molar-refractivity contribution is 5.90. The van der Waals surface area contributed by atoms with Crippen molar-refractivity contribution in [3.63, 3.8) is 0 Å². The van der Waals surface area contributed by atoms with Gasteiger partial charge in [0, 0.05) is 24.0 Å². The second kappa shape index (κ2) is 9.34. The molecule has 0 radical (unpaired) electrons. The first kappa shape index (κ1) is 26.8. The minimum atomic E-state index is -1.73. The number of aliphatic hydroxyl groups is 2. The van der Waals surface area contributed by atoms with Crippen molar-refractivity contribution in [2.75, 3.05) is 26.4 Å². The third-order valence-electron chi connectivity index (χ3n) is 10.3. The van der Waals surface area contributed by atoms with Gasteiger partial charge in [0.05, 0.1) is 30.8 Å². The first-order chi connectivity index (χ1) is 18.6. The molecule has 0 unspecified atom stereocenters. The van der Waals surface area contributed by atoms with Gasteiger partial charge < -0.3 is 33.9 Å². The number of hydrogen-bond donors (Lipinski definition) is 2. The van der Waals surface area contributed by atoms with Gasteiger partial charge in [-0.15, -0.1) is 0 Å². The number of fused-ring (bicyclic) bond motifs is 2. The number of esters is 2. The van der Waals surface area contributed by atoms with E-state index in [1.165, 1.54) is 17.7 Å². The van der Waals surface area contributed by atoms with Gasteiger partial charge in [0.15, 0.2) is 11.4 Å². The molecule has 3 saturated heterocycles. The van der Waals surface area contributed by atoms with Gasteiger partial charge in [-0.05, 0) is 44.6 Å². The van der Waals surface area contributed by atoms with Gasteiger partial charge >= 0.3 is 11.9 Å². The number of aliphatic hydroxyl groups excluding tert-OH is 2. The van der Waals surface area contributed by atoms with Gasteiger partial charge in [-0.2, -0.15) is 0 Å². The Morgan fingerprint density at radius 1 is 1.10 bits per heavy atom. The van der Waals surface area contributed by atoms with Crippen LogP contribution in [0.3, 0.4) is 0 Å². The van der Waals surface area contributed by atoms with Crippen LogP contribution in [0.1, 0.15) is 52.4 Å². The van der Waals surface area contributed by atoms with Crippen LogP contribution in [-0.4, -0.2) is 90.0 Å². The Morgan fingerprint density at radius 2 is 1.90 bits per heavy atom. The molecular weight excluding hydrogens is 508 g/mol. The second-order valence-electron chi connectivity index (χ2n) is 12.0. The maximum absolute atomic E-state index is 13.2. The third kappa shape index (κ3) is 3.75. The molecule has 4 heterocycles. The predicted molar refractivity (Wildman–Crippen MR) is 134 cm³/mol. The summed E-state index contributed by atoms with van der Waals surface area (Å²) < 4.78 is 30.5. The molecule has 6 aliphatic rings. The Kier molecular flexibility index (Phi) is 6.43. The molecule has 2 aliphatic carbocycles. The van der Waals surface area contributed by atoms with Crippen molar-refractivity contribution in [3.05, 3.63) is 35.5 Å². The van der Waals surface area contributed by atoms with Gasteiger partial charge in [0.1, 0.15) is 31.0 Å². The van der Waals surface area contributed by atoms with E-state index in [2.05, 4.69) is 19.9 Å². The van der Waals surface area contributed by atoms with E-state index >= 15 is 0 Å². The molecule has 4 aliphatic heterocycles. The number of ether oxygens (including phenoxy) is 5. The molecule has 2 spiro atoms. The molecule has 0 aromatic carbocycles. The van der Waals surface area contributed by atoms with Gasteiger partial charge in [-0.3, -0.25) is 4.79 Å². The van der Waals surface area contributed by atoms with Gasteiger partial charge in [0.25, 0.3) is 0 Å². The van der Waals surface area contributed by atoms with Crippen molar-refractivity contribution in [2.24, 2.45) is 10.8 Å². The van der Waals surface area contributed by atoms with Crippen LogP contribution in [0.2, 0.25) is 0 Å². The van der Waals surface area contributed by atoms with Crippen LogP contribution in [0.25, 0.3) is 0 Å². The molecule has 10 heteroatoms. The average molecular weight is 545 g/mol. The quantitative estimate of drug-likeness (QED) is 0.298. The van der Waals surface area contributed by atoms with E-state index in [1.807, 2.05) is 0 Å². The fourth-order valence-electron chi connectivity index (χ4n) is 7.92. The largest absolute Gasteiger partial charge is 0.462 e. The van der Waals surface area contributed by atoms with Crippen LogP contribution in [0.4, 0.5) is 0 Å². The first-order valence-corrected chi connectivity index (χ1v) is 13.8. The van der Waals surface area contributed by atoms with Crippen LogP contribution in [0.15, 0.2) is 35.5 Å². The molecule has 0 aromatic rings. The molecule has 0 amide bonds. The van der Waals surface area contributed by atoms with Gasteiger partial charge in [0.2, 0.25) is 0 Å². The van der Waals surface area contributed by atoms with Crippen LogP contribution >= 0.6 is 0 Å². The number of epoxide rings is 1. The number of ketones is 1. The summed E-state index contributed by atoms with van der Waals surface area (Å²) in [6.45, 7) is 3.88. The molecule has 39 heavy (non-hydrogen) atoms. The van der Waals surface area contributed by atoms with Crippen molar-refractivity contribution in [3.8, 4) is 0 Å². The van der Waals surface area contributed by atoms with E-state index in [1.54, 1.807) is 6.08 Å². The zero-order chi connectivity index (χ0) is 27.6. The standard InChI is InChI=1S/C29H36O10/c1-17-6-9-27-15-35-24(33)12-18-7-10-36-28(25(18)34,19(31)14-30)8-4-3-5-23(32)39-20-13-22(38-21(27)11-17)29(16-37-29)26(20,27)2/h3,5,11-12,20-22,25,30,34H,4,6-10,13-16H2,1-2H3/b5-3-,18-12+/t20-,21-,22-,25-,26-,27-,28-,29+/m1/s1. The van der Waals surface area contributed by atoms with E-state index in [-0.39, 0.29) is 44.7 Å². The lowest BCUT2D eigenvalue weighted by atomic mass is 9.51. The number of hydrogen-bond acceptors (Lipinski definition) is 10. The molecule has 0 aromatic heterocycles. The number of cyclic esters (lactones) is 1. The smallest absolute Gasteiger partial charge is 0.330 e. The summed E-state index contributed by atoms with van der Waals surface area (Å²) >= 11 is 0. The molecule has 4 fully saturated rings. The third-order valence-corrected chi connectivity index (χ3v) is 10.3. The van der Waals surface area contributed by atoms with Gasteiger partial charge in [-0.1, -0.05) is 24.6 Å². The molecule has 2 N–H and O–H groups in total. The Bertz CT molecular complexity index is 1170.